The molecule has 1 heterocycles. The van der Waals surface area contributed by atoms with Crippen LogP contribution in [-0.2, 0) is 24.1 Å². The molecule has 1 aliphatic carbocycles. The first kappa shape index (κ1) is 19.0. The van der Waals surface area contributed by atoms with Gasteiger partial charge in [-0.15, -0.1) is 0 Å². The van der Waals surface area contributed by atoms with Gasteiger partial charge in [-0.25, -0.2) is 0 Å². The smallest absolute Gasteiger partial charge is 0.303 e. The highest BCUT2D eigenvalue weighted by Crippen LogP contribution is 2.37. The predicted octanol–water partition coefficient (Wildman–Crippen LogP) is 4.06. The number of hydrogen-bond donors (Lipinski definition) is 1. The second-order valence-corrected chi connectivity index (χ2v) is 7.97. The Hall–Kier alpha value is -2.33. The summed E-state index contributed by atoms with van der Waals surface area (Å²) in [5.41, 5.74) is 5.71. The summed E-state index contributed by atoms with van der Waals surface area (Å²) < 4.78 is 6.23. The number of carboxylic acids is 1. The molecule has 1 atom stereocenters. The van der Waals surface area contributed by atoms with E-state index in [1.165, 1.54) is 28.7 Å². The molecule has 4 rings (SSSR count). The summed E-state index contributed by atoms with van der Waals surface area (Å²) in [5.74, 6) is 0.976. The molecule has 0 saturated heterocycles. The lowest BCUT2D eigenvalue weighted by atomic mass is 9.76. The zero-order valence-corrected chi connectivity index (χ0v) is 16.4. The lowest BCUT2D eigenvalue weighted by molar-refractivity contribution is -0.137. The summed E-state index contributed by atoms with van der Waals surface area (Å²) in [4.78, 5) is 13.1. The fourth-order valence-corrected chi connectivity index (χ4v) is 4.53. The molecule has 2 aliphatic rings. The van der Waals surface area contributed by atoms with Crippen LogP contribution in [0.5, 0.6) is 5.75 Å². The van der Waals surface area contributed by atoms with E-state index in [4.69, 9.17) is 9.84 Å². The van der Waals surface area contributed by atoms with Crippen LogP contribution in [0.25, 0.3) is 0 Å². The van der Waals surface area contributed by atoms with Gasteiger partial charge in [-0.05, 0) is 72.9 Å². The van der Waals surface area contributed by atoms with Crippen molar-refractivity contribution in [2.24, 2.45) is 0 Å². The molecule has 0 spiro atoms. The normalized spacial score (nSPS) is 18.5. The number of nitrogens with zero attached hydrogens (tertiary/aromatic N) is 1. The van der Waals surface area contributed by atoms with Gasteiger partial charge in [-0.1, -0.05) is 36.4 Å². The molecular weight excluding hydrogens is 350 g/mol. The molecule has 1 N–H and O–H groups in total. The molecule has 0 aromatic heterocycles. The van der Waals surface area contributed by atoms with Crippen LogP contribution in [0, 0.1) is 0 Å². The van der Waals surface area contributed by atoms with Gasteiger partial charge in [0.05, 0.1) is 6.61 Å². The van der Waals surface area contributed by atoms with Gasteiger partial charge in [0, 0.05) is 19.5 Å². The van der Waals surface area contributed by atoms with E-state index in [1.54, 1.807) is 0 Å². The Bertz CT molecular complexity index is 832. The van der Waals surface area contributed by atoms with E-state index in [2.05, 4.69) is 47.4 Å². The molecule has 0 fully saturated rings. The Morgan fingerprint density at radius 2 is 1.89 bits per heavy atom. The Morgan fingerprint density at radius 1 is 1.07 bits per heavy atom. The number of fused-ring (bicyclic) bond motifs is 2. The van der Waals surface area contributed by atoms with Gasteiger partial charge in [-0.2, -0.15) is 0 Å². The van der Waals surface area contributed by atoms with Gasteiger partial charge < -0.3 is 14.7 Å². The second kappa shape index (κ2) is 8.78. The van der Waals surface area contributed by atoms with Crippen molar-refractivity contribution in [3.63, 3.8) is 0 Å². The number of aliphatic carboxylic acids is 1. The summed E-state index contributed by atoms with van der Waals surface area (Å²) in [6.45, 7) is 3.59. The van der Waals surface area contributed by atoms with Gasteiger partial charge in [0.2, 0.25) is 0 Å². The molecular formula is C24H29NO3. The lowest BCUT2D eigenvalue weighted by Crippen LogP contribution is -2.27. The zero-order valence-electron chi connectivity index (χ0n) is 16.4. The number of benzene rings is 2. The molecule has 4 nitrogen and oxygen atoms in total. The second-order valence-electron chi connectivity index (χ2n) is 7.97. The monoisotopic (exact) mass is 379 g/mol. The maximum Gasteiger partial charge on any atom is 0.303 e. The van der Waals surface area contributed by atoms with E-state index >= 15 is 0 Å². The fraction of sp³-hybridized carbons (Fsp3) is 0.458. The van der Waals surface area contributed by atoms with Gasteiger partial charge in [0.25, 0.3) is 0 Å². The van der Waals surface area contributed by atoms with Crippen molar-refractivity contribution in [2.75, 3.05) is 26.2 Å². The Labute approximate surface area is 167 Å². The van der Waals surface area contributed by atoms with E-state index in [0.717, 1.165) is 57.7 Å². The first-order valence-electron chi connectivity index (χ1n) is 10.5. The quantitative estimate of drug-likeness (QED) is 0.751. The highest BCUT2D eigenvalue weighted by atomic mass is 16.5. The number of ether oxygens (including phenoxy) is 1. The molecule has 1 unspecified atom stereocenters. The molecule has 0 saturated carbocycles. The van der Waals surface area contributed by atoms with Crippen molar-refractivity contribution in [1.29, 1.82) is 0 Å². The Kier molecular flexibility index (Phi) is 5.96. The van der Waals surface area contributed by atoms with Gasteiger partial charge in [0.15, 0.2) is 0 Å². The van der Waals surface area contributed by atoms with E-state index in [1.807, 2.05) is 0 Å². The average molecular weight is 380 g/mol. The Balaban J connectivity index is 1.31. The average Bonchev–Trinajstić information content (AvgIpc) is 2.88. The van der Waals surface area contributed by atoms with Gasteiger partial charge >= 0.3 is 5.97 Å². The lowest BCUT2D eigenvalue weighted by Gasteiger charge is -2.30. The molecule has 2 aromatic carbocycles. The van der Waals surface area contributed by atoms with Crippen LogP contribution < -0.4 is 4.74 Å². The van der Waals surface area contributed by atoms with Crippen molar-refractivity contribution < 1.29 is 14.6 Å². The molecule has 4 heteroatoms. The van der Waals surface area contributed by atoms with E-state index in [-0.39, 0.29) is 6.42 Å². The molecule has 1 aliphatic heterocycles. The van der Waals surface area contributed by atoms with Gasteiger partial charge in [-0.3, -0.25) is 4.79 Å². The highest BCUT2D eigenvalue weighted by Gasteiger charge is 2.25. The maximum absolute atomic E-state index is 10.7. The first-order valence-corrected chi connectivity index (χ1v) is 10.5. The fourth-order valence-electron chi connectivity index (χ4n) is 4.53. The van der Waals surface area contributed by atoms with Crippen molar-refractivity contribution in [2.45, 2.75) is 44.4 Å². The summed E-state index contributed by atoms with van der Waals surface area (Å²) in [6, 6.07) is 15.1. The summed E-state index contributed by atoms with van der Waals surface area (Å²) >= 11 is 0. The zero-order chi connectivity index (χ0) is 19.3. The maximum atomic E-state index is 10.7. The molecule has 0 radical (unpaired) electrons. The number of carboxylic acid groups (broad SMARTS) is 1. The van der Waals surface area contributed by atoms with Crippen molar-refractivity contribution >= 4 is 5.97 Å². The first-order chi connectivity index (χ1) is 13.7. The standard InChI is InChI=1S/C24H29NO3/c26-24(27)9-4-13-25-14-10-18-6-3-8-23(22(18)11-15-25)28-16-12-20-17-19-5-1-2-7-21(19)20/h1-3,5-8,20H,4,9-17H2,(H,26,27). The number of hydrogen-bond acceptors (Lipinski definition) is 3. The molecule has 0 bridgehead atoms. The summed E-state index contributed by atoms with van der Waals surface area (Å²) in [6.07, 6.45) is 5.21. The van der Waals surface area contributed by atoms with E-state index in [9.17, 15) is 4.79 Å². The number of rotatable bonds is 8. The molecule has 0 amide bonds. The number of carbonyl (C=O) groups is 1. The minimum Gasteiger partial charge on any atom is -0.493 e. The predicted molar refractivity (Wildman–Crippen MR) is 110 cm³/mol. The van der Waals surface area contributed by atoms with Crippen molar-refractivity contribution in [3.8, 4) is 5.75 Å². The van der Waals surface area contributed by atoms with E-state index in [0.29, 0.717) is 5.92 Å². The van der Waals surface area contributed by atoms with Crippen LogP contribution in [0.2, 0.25) is 0 Å². The van der Waals surface area contributed by atoms with Crippen molar-refractivity contribution in [3.05, 3.63) is 64.7 Å². The van der Waals surface area contributed by atoms with Crippen LogP contribution >= 0.6 is 0 Å². The summed E-state index contributed by atoms with van der Waals surface area (Å²) in [5, 5.41) is 8.84. The van der Waals surface area contributed by atoms with Crippen LogP contribution in [0.3, 0.4) is 0 Å². The SMILES string of the molecule is O=C(O)CCCN1CCc2cccc(OCCC3Cc4ccccc43)c2CC1. The largest absolute Gasteiger partial charge is 0.493 e. The van der Waals surface area contributed by atoms with Crippen molar-refractivity contribution in [1.82, 2.24) is 4.90 Å². The van der Waals surface area contributed by atoms with Crippen LogP contribution in [-0.4, -0.2) is 42.2 Å². The summed E-state index contributed by atoms with van der Waals surface area (Å²) in [7, 11) is 0. The minimum absolute atomic E-state index is 0.252. The Morgan fingerprint density at radius 3 is 2.75 bits per heavy atom. The van der Waals surface area contributed by atoms with Crippen LogP contribution in [0.1, 0.15) is 47.4 Å². The highest BCUT2D eigenvalue weighted by molar-refractivity contribution is 5.66. The molecule has 2 aromatic rings. The third-order valence-electron chi connectivity index (χ3n) is 6.16. The third kappa shape index (κ3) is 4.39. The molecule has 148 valence electrons. The van der Waals surface area contributed by atoms with Crippen LogP contribution in [0.15, 0.2) is 42.5 Å². The van der Waals surface area contributed by atoms with Gasteiger partial charge in [0.1, 0.15) is 5.75 Å². The molecule has 28 heavy (non-hydrogen) atoms. The van der Waals surface area contributed by atoms with E-state index < -0.39 is 5.97 Å². The minimum atomic E-state index is -0.706. The third-order valence-corrected chi connectivity index (χ3v) is 6.16. The topological polar surface area (TPSA) is 49.8 Å². The van der Waals surface area contributed by atoms with Crippen LogP contribution in [0.4, 0.5) is 0 Å².